The third-order valence-electron chi connectivity index (χ3n) is 8.21. The van der Waals surface area contributed by atoms with E-state index in [0.29, 0.717) is 29.1 Å². The second-order valence-corrected chi connectivity index (χ2v) is 15.6. The molecule has 6 aromatic rings. The van der Waals surface area contributed by atoms with Gasteiger partial charge in [0.1, 0.15) is 23.4 Å². The van der Waals surface area contributed by atoms with E-state index in [2.05, 4.69) is 0 Å². The van der Waals surface area contributed by atoms with Crippen molar-refractivity contribution in [2.45, 2.75) is 6.10 Å². The molecule has 0 heterocycles. The van der Waals surface area contributed by atoms with Gasteiger partial charge in [0.2, 0.25) is 0 Å². The highest BCUT2D eigenvalue weighted by atomic mass is 32.2. The van der Waals surface area contributed by atoms with Gasteiger partial charge in [-0.25, -0.2) is 39.9 Å². The number of carbonyl (C=O) groups excluding carboxylic acids is 3. The molecule has 296 valence electrons. The van der Waals surface area contributed by atoms with Gasteiger partial charge in [-0.1, -0.05) is 109 Å². The fourth-order valence-corrected chi connectivity index (χ4v) is 7.03. The smallest absolute Gasteiger partial charge is 0.409 e. The van der Waals surface area contributed by atoms with Crippen LogP contribution in [-0.2, 0) is 46.3 Å². The van der Waals surface area contributed by atoms with Gasteiger partial charge in [-0.2, -0.15) is 0 Å². The molecular formula is C39H35N3O12S3. The van der Waals surface area contributed by atoms with Crippen molar-refractivity contribution in [1.29, 1.82) is 0 Å². The minimum Gasteiger partial charge on any atom is -0.409 e. The molecule has 57 heavy (non-hydrogen) atoms. The largest absolute Gasteiger partial charge is 0.428 e. The summed E-state index contributed by atoms with van der Waals surface area (Å²) in [7, 11) is 3.47. The fourth-order valence-electron chi connectivity index (χ4n) is 5.22. The van der Waals surface area contributed by atoms with Gasteiger partial charge in [-0.3, -0.25) is 12.5 Å². The van der Waals surface area contributed by atoms with Crippen LogP contribution in [0.15, 0.2) is 127 Å². The van der Waals surface area contributed by atoms with E-state index in [1.807, 2.05) is 54.6 Å². The highest BCUT2D eigenvalue weighted by Crippen LogP contribution is 2.28. The Balaban J connectivity index is 1.11. The van der Waals surface area contributed by atoms with Crippen LogP contribution in [0.1, 0.15) is 0 Å². The average Bonchev–Trinajstić information content (AvgIpc) is 3.23. The van der Waals surface area contributed by atoms with Gasteiger partial charge in [-0.05, 0) is 34.4 Å². The summed E-state index contributed by atoms with van der Waals surface area (Å²) in [5.41, 5.74) is 0. The lowest BCUT2D eigenvalue weighted by Gasteiger charge is -2.22. The van der Waals surface area contributed by atoms with Gasteiger partial charge >= 0.3 is 18.3 Å². The van der Waals surface area contributed by atoms with Crippen molar-refractivity contribution in [3.63, 3.8) is 0 Å². The first-order chi connectivity index (χ1) is 27.5. The van der Waals surface area contributed by atoms with Crippen LogP contribution >= 0.6 is 0 Å². The molecule has 6 rings (SSSR count). The van der Waals surface area contributed by atoms with E-state index in [9.17, 15) is 27.0 Å². The van der Waals surface area contributed by atoms with Crippen molar-refractivity contribution in [2.75, 3.05) is 34.4 Å². The molecule has 0 aliphatic rings. The molecule has 0 aliphatic heterocycles. The lowest BCUT2D eigenvalue weighted by molar-refractivity contribution is 0.0917. The van der Waals surface area contributed by atoms with Crippen molar-refractivity contribution in [3.05, 3.63) is 127 Å². The first-order valence-electron chi connectivity index (χ1n) is 17.0. The number of carbonyl (C=O) groups is 3. The summed E-state index contributed by atoms with van der Waals surface area (Å²) in [5, 5.41) is 4.34. The van der Waals surface area contributed by atoms with Gasteiger partial charge in [0.15, 0.2) is 0 Å². The highest BCUT2D eigenvalue weighted by Gasteiger charge is 2.28. The molecule has 3 atom stereocenters. The number of ether oxygens (including phenoxy) is 3. The van der Waals surface area contributed by atoms with Crippen molar-refractivity contribution >= 4 is 84.4 Å². The lowest BCUT2D eigenvalue weighted by Crippen LogP contribution is -2.39. The summed E-state index contributed by atoms with van der Waals surface area (Å²) < 4.78 is 74.2. The molecular weight excluding hydrogens is 799 g/mol. The maximum atomic E-state index is 13.3. The molecule has 0 bridgehead atoms. The van der Waals surface area contributed by atoms with Crippen LogP contribution in [0.3, 0.4) is 0 Å². The molecule has 0 saturated heterocycles. The predicted octanol–water partition coefficient (Wildman–Crippen LogP) is 6.99. The molecule has 0 N–H and O–H groups in total. The van der Waals surface area contributed by atoms with Crippen LogP contribution in [0.4, 0.5) is 14.4 Å². The number of hydrogen-bond donors (Lipinski definition) is 0. The Morgan fingerprint density at radius 3 is 1.11 bits per heavy atom. The van der Waals surface area contributed by atoms with Crippen molar-refractivity contribution in [3.8, 4) is 17.2 Å². The summed E-state index contributed by atoms with van der Waals surface area (Å²) in [4.78, 5) is 39.0. The highest BCUT2D eigenvalue weighted by molar-refractivity contribution is 7.78. The molecule has 3 amide bonds. The zero-order chi connectivity index (χ0) is 40.5. The topological polar surface area (TPSA) is 168 Å². The number of hydrogen-bond acceptors (Lipinski definition) is 12. The van der Waals surface area contributed by atoms with Gasteiger partial charge in [0.25, 0.3) is 33.8 Å². The van der Waals surface area contributed by atoms with E-state index < -0.39 is 71.4 Å². The molecule has 15 nitrogen and oxygen atoms in total. The first kappa shape index (κ1) is 40.9. The minimum atomic E-state index is -2.59. The predicted molar refractivity (Wildman–Crippen MR) is 214 cm³/mol. The van der Waals surface area contributed by atoms with Crippen molar-refractivity contribution in [2.24, 2.45) is 0 Å². The maximum Gasteiger partial charge on any atom is 0.428 e. The quantitative estimate of drug-likeness (QED) is 0.111. The van der Waals surface area contributed by atoms with Crippen LogP contribution in [-0.4, -0.2) is 84.3 Å². The number of nitrogens with zero attached hydrogens (tertiary/aromatic N) is 3. The average molecular weight is 834 g/mol. The lowest BCUT2D eigenvalue weighted by atomic mass is 10.1. The van der Waals surface area contributed by atoms with Gasteiger partial charge in [0.05, 0.1) is 13.2 Å². The van der Waals surface area contributed by atoms with E-state index in [4.69, 9.17) is 26.8 Å². The maximum absolute atomic E-state index is 13.3. The summed E-state index contributed by atoms with van der Waals surface area (Å²) in [6, 6.07) is 36.9. The molecule has 6 aromatic carbocycles. The van der Waals surface area contributed by atoms with Crippen LogP contribution in [0.2, 0.25) is 0 Å². The SMILES string of the molecule is CN(C(=O)Oc1cccc2ccccc12)S(=O)OCC(COS(=O)N(C)C(=O)Oc1cccc2ccccc12)OS(=O)N(C)C(=O)Oc1cccc2ccccc12. The van der Waals surface area contributed by atoms with Gasteiger partial charge in [0, 0.05) is 37.3 Å². The second-order valence-electron chi connectivity index (χ2n) is 12.0. The fraction of sp³-hybridized carbons (Fsp3) is 0.154. The van der Waals surface area contributed by atoms with E-state index in [1.54, 1.807) is 72.8 Å². The summed E-state index contributed by atoms with van der Waals surface area (Å²) in [5.74, 6) is 0.639. The Morgan fingerprint density at radius 2 is 0.754 bits per heavy atom. The third-order valence-corrected chi connectivity index (χ3v) is 11.1. The number of amides is 3. The molecule has 0 radical (unpaired) electrons. The molecule has 0 fully saturated rings. The van der Waals surface area contributed by atoms with Crippen molar-refractivity contribution in [1.82, 2.24) is 12.9 Å². The molecule has 0 saturated carbocycles. The van der Waals surface area contributed by atoms with E-state index >= 15 is 0 Å². The Labute approximate surface area is 334 Å². The van der Waals surface area contributed by atoms with Crippen LogP contribution in [0.5, 0.6) is 17.2 Å². The molecule has 0 spiro atoms. The van der Waals surface area contributed by atoms with Crippen LogP contribution in [0.25, 0.3) is 32.3 Å². The first-order valence-corrected chi connectivity index (χ1v) is 20.1. The van der Waals surface area contributed by atoms with Gasteiger partial charge in [-0.15, -0.1) is 0 Å². The Morgan fingerprint density at radius 1 is 0.456 bits per heavy atom. The molecule has 0 aromatic heterocycles. The normalized spacial score (nSPS) is 13.3. The molecule has 3 unspecified atom stereocenters. The second kappa shape index (κ2) is 18.9. The Bertz CT molecular complexity index is 2370. The molecule has 18 heteroatoms. The summed E-state index contributed by atoms with van der Waals surface area (Å²) in [6.45, 7) is -1.37. The monoisotopic (exact) mass is 833 g/mol. The van der Waals surface area contributed by atoms with E-state index in [0.717, 1.165) is 37.3 Å². The van der Waals surface area contributed by atoms with E-state index in [-0.39, 0.29) is 17.2 Å². The zero-order valence-corrected chi connectivity index (χ0v) is 33.0. The zero-order valence-electron chi connectivity index (χ0n) is 30.6. The Kier molecular flexibility index (Phi) is 13.6. The number of fused-ring (bicyclic) bond motifs is 3. The summed E-state index contributed by atoms with van der Waals surface area (Å²) >= 11 is -7.60. The van der Waals surface area contributed by atoms with Crippen LogP contribution in [0, 0.1) is 0 Å². The summed E-state index contributed by atoms with van der Waals surface area (Å²) in [6.07, 6.45) is -4.56. The number of benzene rings is 6. The minimum absolute atomic E-state index is 0.202. The molecule has 0 aliphatic carbocycles. The standard InChI is InChI=1S/C39H35N3O12S3/c1-40(37(43)51-34-22-10-16-27-13-4-7-19-31(27)34)55(46)49-25-30(54-57(48)42(3)39(45)53-36-24-12-18-29-15-6-9-21-33(29)36)26-50-56(47)41(2)38(44)52-35-23-11-17-28-14-5-8-20-32(28)35/h4-24,30H,25-26H2,1-3H3. The van der Waals surface area contributed by atoms with Crippen LogP contribution < -0.4 is 14.2 Å². The van der Waals surface area contributed by atoms with Crippen molar-refractivity contribution < 1.29 is 53.8 Å². The van der Waals surface area contributed by atoms with E-state index in [1.165, 1.54) is 0 Å². The Hall–Kier alpha value is -5.76. The third kappa shape index (κ3) is 10.2. The van der Waals surface area contributed by atoms with Gasteiger partial charge < -0.3 is 14.2 Å². The number of rotatable bonds is 14.